The highest BCUT2D eigenvalue weighted by Crippen LogP contribution is 2.16. The molecule has 0 fully saturated rings. The monoisotopic (exact) mass is 286 g/mol. The first-order chi connectivity index (χ1) is 10.1. The fourth-order valence-corrected chi connectivity index (χ4v) is 1.98. The number of ether oxygens (including phenoxy) is 1. The lowest BCUT2D eigenvalue weighted by molar-refractivity contribution is 0.0587. The number of methoxy groups -OCH3 is 1. The molecule has 6 heteroatoms. The van der Waals surface area contributed by atoms with E-state index in [9.17, 15) is 4.79 Å². The third-order valence-corrected chi connectivity index (χ3v) is 3.04. The average Bonchev–Trinajstić information content (AvgIpc) is 2.52. The van der Waals surface area contributed by atoms with Crippen LogP contribution in [-0.2, 0) is 11.3 Å². The van der Waals surface area contributed by atoms with Gasteiger partial charge in [0, 0.05) is 25.0 Å². The van der Waals surface area contributed by atoms with E-state index in [1.165, 1.54) is 7.11 Å². The molecular weight excluding hydrogens is 268 g/mol. The lowest BCUT2D eigenvalue weighted by Crippen LogP contribution is -2.24. The molecule has 0 radical (unpaired) electrons. The molecule has 0 unspecified atom stereocenters. The third kappa shape index (κ3) is 3.68. The molecule has 0 aliphatic heterocycles. The molecule has 110 valence electrons. The maximum atomic E-state index is 11.5. The molecule has 2 N–H and O–H groups in total. The maximum absolute atomic E-state index is 11.5. The number of nitrogens with zero attached hydrogens (tertiary/aromatic N) is 3. The van der Waals surface area contributed by atoms with Gasteiger partial charge in [0.05, 0.1) is 7.11 Å². The normalized spacial score (nSPS) is 10.2. The van der Waals surface area contributed by atoms with Crippen LogP contribution in [-0.4, -0.2) is 29.6 Å². The van der Waals surface area contributed by atoms with Gasteiger partial charge in [-0.1, -0.05) is 12.1 Å². The summed E-state index contributed by atoms with van der Waals surface area (Å²) in [5.41, 5.74) is 7.59. The van der Waals surface area contributed by atoms with E-state index in [1.54, 1.807) is 12.3 Å². The van der Waals surface area contributed by atoms with E-state index in [0.29, 0.717) is 12.4 Å². The van der Waals surface area contributed by atoms with Crippen molar-refractivity contribution in [3.05, 3.63) is 47.9 Å². The van der Waals surface area contributed by atoms with E-state index in [2.05, 4.69) is 14.7 Å². The summed E-state index contributed by atoms with van der Waals surface area (Å²) in [6, 6.07) is 9.45. The zero-order valence-corrected chi connectivity index (χ0v) is 12.1. The highest BCUT2D eigenvalue weighted by molar-refractivity contribution is 5.85. The van der Waals surface area contributed by atoms with Gasteiger partial charge in [-0.3, -0.25) is 0 Å². The minimum absolute atomic E-state index is 0.0565. The Hall–Kier alpha value is -2.63. The number of esters is 1. The number of anilines is 2. The molecule has 0 spiro atoms. The Morgan fingerprint density at radius 1 is 1.38 bits per heavy atom. The molecule has 0 aliphatic carbocycles. The van der Waals surface area contributed by atoms with Crippen LogP contribution >= 0.6 is 0 Å². The molecular formula is C15H18N4O2. The van der Waals surface area contributed by atoms with Crippen molar-refractivity contribution in [3.63, 3.8) is 0 Å². The van der Waals surface area contributed by atoms with Crippen molar-refractivity contribution in [1.82, 2.24) is 9.97 Å². The number of carbonyl (C=O) groups excluding carboxylic acids is 1. The lowest BCUT2D eigenvalue weighted by Gasteiger charge is -2.22. The SMILES string of the molecule is CCN(Cc1cccc(N)c1)c1ccnc(C(=O)OC)n1. The van der Waals surface area contributed by atoms with Crippen LogP contribution in [0.3, 0.4) is 0 Å². The van der Waals surface area contributed by atoms with Gasteiger partial charge in [0.1, 0.15) is 5.82 Å². The van der Waals surface area contributed by atoms with Crippen molar-refractivity contribution in [2.24, 2.45) is 0 Å². The molecule has 0 aliphatic rings. The number of benzene rings is 1. The molecule has 0 atom stereocenters. The second kappa shape index (κ2) is 6.69. The average molecular weight is 286 g/mol. The van der Waals surface area contributed by atoms with Crippen LogP contribution in [0.4, 0.5) is 11.5 Å². The zero-order valence-electron chi connectivity index (χ0n) is 12.1. The highest BCUT2D eigenvalue weighted by atomic mass is 16.5. The van der Waals surface area contributed by atoms with Crippen LogP contribution in [0.15, 0.2) is 36.5 Å². The smallest absolute Gasteiger partial charge is 0.376 e. The predicted molar refractivity (Wildman–Crippen MR) is 80.9 cm³/mol. The number of nitrogens with two attached hydrogens (primary N) is 1. The van der Waals surface area contributed by atoms with Crippen LogP contribution in [0, 0.1) is 0 Å². The summed E-state index contributed by atoms with van der Waals surface area (Å²) in [5, 5.41) is 0. The summed E-state index contributed by atoms with van der Waals surface area (Å²) < 4.78 is 4.64. The second-order valence-corrected chi connectivity index (χ2v) is 4.49. The predicted octanol–water partition coefficient (Wildman–Crippen LogP) is 1.87. The largest absolute Gasteiger partial charge is 0.463 e. The summed E-state index contributed by atoms with van der Waals surface area (Å²) in [4.78, 5) is 21.7. The molecule has 1 heterocycles. The van der Waals surface area contributed by atoms with Crippen LogP contribution < -0.4 is 10.6 Å². The van der Waals surface area contributed by atoms with Gasteiger partial charge in [0.25, 0.3) is 0 Å². The molecule has 1 aromatic carbocycles. The van der Waals surface area contributed by atoms with Gasteiger partial charge < -0.3 is 15.4 Å². The Bertz CT molecular complexity index is 631. The summed E-state index contributed by atoms with van der Waals surface area (Å²) >= 11 is 0. The summed E-state index contributed by atoms with van der Waals surface area (Å²) in [6.07, 6.45) is 1.55. The molecule has 2 aromatic rings. The number of hydrogen-bond acceptors (Lipinski definition) is 6. The maximum Gasteiger partial charge on any atom is 0.376 e. The molecule has 0 amide bonds. The Kier molecular flexibility index (Phi) is 4.71. The van der Waals surface area contributed by atoms with Crippen molar-refractivity contribution in [3.8, 4) is 0 Å². The van der Waals surface area contributed by atoms with Gasteiger partial charge in [0.2, 0.25) is 5.82 Å². The standard InChI is InChI=1S/C15H18N4O2/c1-3-19(10-11-5-4-6-12(16)9-11)13-7-8-17-14(18-13)15(20)21-2/h4-9H,3,10,16H2,1-2H3. The minimum atomic E-state index is -0.545. The Labute approximate surface area is 123 Å². The Balaban J connectivity index is 2.23. The first kappa shape index (κ1) is 14.8. The summed E-state index contributed by atoms with van der Waals surface area (Å²) in [6.45, 7) is 3.41. The fourth-order valence-electron chi connectivity index (χ4n) is 1.98. The van der Waals surface area contributed by atoms with Gasteiger partial charge in [-0.25, -0.2) is 14.8 Å². The number of aromatic nitrogens is 2. The van der Waals surface area contributed by atoms with Crippen LogP contribution in [0.25, 0.3) is 0 Å². The van der Waals surface area contributed by atoms with Crippen LogP contribution in [0.2, 0.25) is 0 Å². The first-order valence-electron chi connectivity index (χ1n) is 6.64. The van der Waals surface area contributed by atoms with Gasteiger partial charge in [-0.2, -0.15) is 0 Å². The molecule has 6 nitrogen and oxygen atoms in total. The van der Waals surface area contributed by atoms with E-state index in [-0.39, 0.29) is 5.82 Å². The van der Waals surface area contributed by atoms with Crippen LogP contribution in [0.1, 0.15) is 23.1 Å². The van der Waals surface area contributed by atoms with Crippen molar-refractivity contribution in [1.29, 1.82) is 0 Å². The van der Waals surface area contributed by atoms with Gasteiger partial charge >= 0.3 is 5.97 Å². The Morgan fingerprint density at radius 2 is 2.19 bits per heavy atom. The number of rotatable bonds is 5. The van der Waals surface area contributed by atoms with E-state index >= 15 is 0 Å². The van der Waals surface area contributed by atoms with Crippen molar-refractivity contribution < 1.29 is 9.53 Å². The van der Waals surface area contributed by atoms with Crippen molar-refractivity contribution >= 4 is 17.5 Å². The van der Waals surface area contributed by atoms with Crippen molar-refractivity contribution in [2.45, 2.75) is 13.5 Å². The van der Waals surface area contributed by atoms with Crippen molar-refractivity contribution in [2.75, 3.05) is 24.3 Å². The Morgan fingerprint density at radius 3 is 2.86 bits per heavy atom. The quantitative estimate of drug-likeness (QED) is 0.667. The molecule has 2 rings (SSSR count). The molecule has 0 saturated heterocycles. The summed E-state index contributed by atoms with van der Waals surface area (Å²) in [5.74, 6) is 0.188. The zero-order chi connectivity index (χ0) is 15.2. The second-order valence-electron chi connectivity index (χ2n) is 4.49. The van der Waals surface area contributed by atoms with E-state index in [0.717, 1.165) is 17.8 Å². The minimum Gasteiger partial charge on any atom is -0.463 e. The van der Waals surface area contributed by atoms with E-state index < -0.39 is 5.97 Å². The van der Waals surface area contributed by atoms with Gasteiger partial charge in [-0.15, -0.1) is 0 Å². The van der Waals surface area contributed by atoms with Crippen LogP contribution in [0.5, 0.6) is 0 Å². The molecule has 0 bridgehead atoms. The highest BCUT2D eigenvalue weighted by Gasteiger charge is 2.13. The third-order valence-electron chi connectivity index (χ3n) is 3.04. The molecule has 21 heavy (non-hydrogen) atoms. The lowest BCUT2D eigenvalue weighted by atomic mass is 10.2. The number of hydrogen-bond donors (Lipinski definition) is 1. The topological polar surface area (TPSA) is 81.3 Å². The van der Waals surface area contributed by atoms with E-state index in [4.69, 9.17) is 5.73 Å². The van der Waals surface area contributed by atoms with Gasteiger partial charge in [-0.05, 0) is 30.7 Å². The summed E-state index contributed by atoms with van der Waals surface area (Å²) in [7, 11) is 1.31. The van der Waals surface area contributed by atoms with E-state index in [1.807, 2.05) is 36.1 Å². The molecule has 1 aromatic heterocycles. The first-order valence-corrected chi connectivity index (χ1v) is 6.64. The molecule has 0 saturated carbocycles. The number of carbonyl (C=O) groups is 1. The number of nitrogen functional groups attached to an aromatic ring is 1. The fraction of sp³-hybridized carbons (Fsp3) is 0.267. The van der Waals surface area contributed by atoms with Gasteiger partial charge in [0.15, 0.2) is 0 Å².